The highest BCUT2D eigenvalue weighted by Gasteiger charge is 2.31. The Balaban J connectivity index is 2.17. The van der Waals surface area contributed by atoms with Crippen LogP contribution in [-0.4, -0.2) is 33.9 Å². The molecule has 0 aliphatic rings. The summed E-state index contributed by atoms with van der Waals surface area (Å²) in [5.74, 6) is -1.45. The van der Waals surface area contributed by atoms with Gasteiger partial charge in [-0.25, -0.2) is 17.5 Å². The summed E-state index contributed by atoms with van der Waals surface area (Å²) in [6, 6.07) is 11.5. The summed E-state index contributed by atoms with van der Waals surface area (Å²) in [7, 11) is -2.31. The Morgan fingerprint density at radius 2 is 1.71 bits per heavy atom. The summed E-state index contributed by atoms with van der Waals surface area (Å²) in [6.07, 6.45) is 2.64. The standard InChI is InChI=1S/C22H25FN2O5S/c1-4-24-31(28,29)19-12-5-16(6-13-19)7-14-20(26)25-22(2,15-21(27)30-3)17-8-10-18(23)11-9-17/h5-14,24H,4,15H2,1-3H3,(H,25,26)/b14-7+. The van der Waals surface area contributed by atoms with Crippen LogP contribution in [0.5, 0.6) is 0 Å². The number of esters is 1. The van der Waals surface area contributed by atoms with Crippen molar-refractivity contribution >= 4 is 28.0 Å². The van der Waals surface area contributed by atoms with Gasteiger partial charge in [-0.1, -0.05) is 31.2 Å². The molecule has 0 saturated heterocycles. The maximum Gasteiger partial charge on any atom is 0.308 e. The quantitative estimate of drug-likeness (QED) is 0.454. The highest BCUT2D eigenvalue weighted by atomic mass is 32.2. The highest BCUT2D eigenvalue weighted by Crippen LogP contribution is 2.26. The second-order valence-electron chi connectivity index (χ2n) is 6.98. The number of benzene rings is 2. The van der Waals surface area contributed by atoms with Crippen LogP contribution in [0.1, 0.15) is 31.4 Å². The van der Waals surface area contributed by atoms with Crippen molar-refractivity contribution in [1.82, 2.24) is 10.0 Å². The van der Waals surface area contributed by atoms with E-state index in [0.717, 1.165) is 0 Å². The maximum atomic E-state index is 13.3. The van der Waals surface area contributed by atoms with E-state index in [4.69, 9.17) is 4.74 Å². The molecule has 0 aliphatic carbocycles. The van der Waals surface area contributed by atoms with Gasteiger partial charge in [0.25, 0.3) is 0 Å². The van der Waals surface area contributed by atoms with E-state index in [-0.39, 0.29) is 17.9 Å². The average molecular weight is 449 g/mol. The minimum absolute atomic E-state index is 0.123. The first kappa shape index (κ1) is 24.2. The van der Waals surface area contributed by atoms with E-state index >= 15 is 0 Å². The van der Waals surface area contributed by atoms with Crippen molar-refractivity contribution in [2.45, 2.75) is 30.7 Å². The van der Waals surface area contributed by atoms with Crippen molar-refractivity contribution in [3.8, 4) is 0 Å². The van der Waals surface area contributed by atoms with E-state index in [1.54, 1.807) is 26.0 Å². The third-order valence-electron chi connectivity index (χ3n) is 4.56. The smallest absolute Gasteiger partial charge is 0.308 e. The Labute approximate surface area is 181 Å². The normalized spacial score (nSPS) is 13.5. The number of carbonyl (C=O) groups is 2. The van der Waals surface area contributed by atoms with Crippen LogP contribution in [0.4, 0.5) is 4.39 Å². The number of nitrogens with one attached hydrogen (secondary N) is 2. The second-order valence-corrected chi connectivity index (χ2v) is 8.75. The zero-order valence-corrected chi connectivity index (χ0v) is 18.3. The number of amides is 1. The number of hydrogen-bond donors (Lipinski definition) is 2. The van der Waals surface area contributed by atoms with Gasteiger partial charge in [0.05, 0.1) is 24.0 Å². The zero-order chi connectivity index (χ0) is 23.1. The molecule has 166 valence electrons. The summed E-state index contributed by atoms with van der Waals surface area (Å²) in [6.45, 7) is 3.61. The molecule has 9 heteroatoms. The first-order valence-electron chi connectivity index (χ1n) is 9.52. The molecule has 1 unspecified atom stereocenters. The van der Waals surface area contributed by atoms with E-state index in [1.165, 1.54) is 55.7 Å². The Hall–Kier alpha value is -3.04. The van der Waals surface area contributed by atoms with Crippen LogP contribution >= 0.6 is 0 Å². The van der Waals surface area contributed by atoms with Crippen molar-refractivity contribution in [1.29, 1.82) is 0 Å². The fourth-order valence-corrected chi connectivity index (χ4v) is 3.96. The molecular formula is C22H25FN2O5S. The number of halogens is 1. The number of ether oxygens (including phenoxy) is 1. The minimum atomic E-state index is -3.55. The molecule has 0 radical (unpaired) electrons. The SMILES string of the molecule is CCNS(=O)(=O)c1ccc(/C=C/C(=O)NC(C)(CC(=O)OC)c2ccc(F)cc2)cc1. The Morgan fingerprint density at radius 3 is 2.26 bits per heavy atom. The van der Waals surface area contributed by atoms with Gasteiger partial charge in [-0.15, -0.1) is 0 Å². The van der Waals surface area contributed by atoms with Crippen LogP contribution in [-0.2, 0) is 29.9 Å². The van der Waals surface area contributed by atoms with Crippen molar-refractivity contribution in [2.75, 3.05) is 13.7 Å². The monoisotopic (exact) mass is 448 g/mol. The molecule has 0 aromatic heterocycles. The number of sulfonamides is 1. The van der Waals surface area contributed by atoms with Gasteiger partial charge in [-0.05, 0) is 48.4 Å². The Bertz CT molecular complexity index is 1050. The molecule has 7 nitrogen and oxygen atoms in total. The molecule has 0 spiro atoms. The lowest BCUT2D eigenvalue weighted by atomic mass is 9.88. The molecule has 0 aliphatic heterocycles. The number of hydrogen-bond acceptors (Lipinski definition) is 5. The Morgan fingerprint density at radius 1 is 1.10 bits per heavy atom. The predicted octanol–water partition coefficient (Wildman–Crippen LogP) is 2.73. The summed E-state index contributed by atoms with van der Waals surface area (Å²) < 4.78 is 44.4. The lowest BCUT2D eigenvalue weighted by Crippen LogP contribution is -2.44. The van der Waals surface area contributed by atoms with Crippen molar-refractivity contribution in [3.63, 3.8) is 0 Å². The fourth-order valence-electron chi connectivity index (χ4n) is 2.91. The molecule has 31 heavy (non-hydrogen) atoms. The summed E-state index contributed by atoms with van der Waals surface area (Å²) >= 11 is 0. The summed E-state index contributed by atoms with van der Waals surface area (Å²) in [4.78, 5) is 24.5. The number of rotatable bonds is 9. The molecule has 1 amide bonds. The van der Waals surface area contributed by atoms with Gasteiger partial charge in [-0.2, -0.15) is 0 Å². The lowest BCUT2D eigenvalue weighted by Gasteiger charge is -2.30. The molecule has 0 saturated carbocycles. The van der Waals surface area contributed by atoms with E-state index < -0.39 is 33.3 Å². The summed E-state index contributed by atoms with van der Waals surface area (Å²) in [5.41, 5.74) is 0.0347. The minimum Gasteiger partial charge on any atom is -0.469 e. The summed E-state index contributed by atoms with van der Waals surface area (Å²) in [5, 5.41) is 2.76. The largest absolute Gasteiger partial charge is 0.469 e. The van der Waals surface area contributed by atoms with Crippen molar-refractivity contribution < 1.29 is 27.1 Å². The van der Waals surface area contributed by atoms with Crippen LogP contribution < -0.4 is 10.0 Å². The van der Waals surface area contributed by atoms with Crippen molar-refractivity contribution in [2.24, 2.45) is 0 Å². The number of carbonyl (C=O) groups excluding carboxylic acids is 2. The molecule has 2 aromatic carbocycles. The first-order valence-corrected chi connectivity index (χ1v) is 11.0. The van der Waals surface area contributed by atoms with Crippen molar-refractivity contribution in [3.05, 3.63) is 71.6 Å². The van der Waals surface area contributed by atoms with Gasteiger partial charge in [0.2, 0.25) is 15.9 Å². The predicted molar refractivity (Wildman–Crippen MR) is 115 cm³/mol. The molecule has 2 rings (SSSR count). The molecule has 1 atom stereocenters. The van der Waals surface area contributed by atoms with E-state index in [1.807, 2.05) is 0 Å². The zero-order valence-electron chi connectivity index (χ0n) is 17.5. The van der Waals surface area contributed by atoms with Crippen LogP contribution in [0.3, 0.4) is 0 Å². The van der Waals surface area contributed by atoms with Gasteiger partial charge < -0.3 is 10.1 Å². The van der Waals surface area contributed by atoms with Crippen LogP contribution in [0.15, 0.2) is 59.5 Å². The van der Waals surface area contributed by atoms with E-state index in [0.29, 0.717) is 11.1 Å². The molecular weight excluding hydrogens is 423 g/mol. The fraction of sp³-hybridized carbons (Fsp3) is 0.273. The van der Waals surface area contributed by atoms with E-state index in [9.17, 15) is 22.4 Å². The molecule has 0 heterocycles. The molecule has 2 N–H and O–H groups in total. The van der Waals surface area contributed by atoms with Gasteiger partial charge in [0, 0.05) is 12.6 Å². The molecule has 2 aromatic rings. The van der Waals surface area contributed by atoms with E-state index in [2.05, 4.69) is 10.0 Å². The third-order valence-corrected chi connectivity index (χ3v) is 6.12. The van der Waals surface area contributed by atoms with Gasteiger partial charge in [0.15, 0.2) is 0 Å². The highest BCUT2D eigenvalue weighted by molar-refractivity contribution is 7.89. The van der Waals surface area contributed by atoms with Gasteiger partial charge in [0.1, 0.15) is 5.82 Å². The molecule has 0 bridgehead atoms. The molecule has 0 fully saturated rings. The maximum absolute atomic E-state index is 13.3. The number of methoxy groups -OCH3 is 1. The van der Waals surface area contributed by atoms with Gasteiger partial charge >= 0.3 is 5.97 Å². The van der Waals surface area contributed by atoms with Crippen LogP contribution in [0, 0.1) is 5.82 Å². The topological polar surface area (TPSA) is 102 Å². The third kappa shape index (κ3) is 6.73. The average Bonchev–Trinajstić information content (AvgIpc) is 2.72. The Kier molecular flexibility index (Phi) is 8.07. The van der Waals surface area contributed by atoms with Crippen LogP contribution in [0.2, 0.25) is 0 Å². The lowest BCUT2D eigenvalue weighted by molar-refractivity contribution is -0.142. The van der Waals surface area contributed by atoms with Gasteiger partial charge in [-0.3, -0.25) is 9.59 Å². The first-order chi connectivity index (χ1) is 14.6. The van der Waals surface area contributed by atoms with Crippen LogP contribution in [0.25, 0.3) is 6.08 Å². The second kappa shape index (κ2) is 10.3.